The summed E-state index contributed by atoms with van der Waals surface area (Å²) in [6.45, 7) is 5.73. The second kappa shape index (κ2) is 7.55. The van der Waals surface area contributed by atoms with Gasteiger partial charge in [0.15, 0.2) is 0 Å². The van der Waals surface area contributed by atoms with Crippen LogP contribution in [-0.2, 0) is 9.59 Å². The molecule has 1 amide bonds. The summed E-state index contributed by atoms with van der Waals surface area (Å²) in [7, 11) is 0. The first kappa shape index (κ1) is 19.5. The molecule has 3 aromatic rings. The predicted molar refractivity (Wildman–Crippen MR) is 114 cm³/mol. The SMILES string of the molecule is Cc1cc(C)c(/C(O)=C2/C(=O)C(=O)N(c3ccccn3)C2c2cccnc2)c(C)c1. The topological polar surface area (TPSA) is 83.4 Å². The number of rotatable bonds is 3. The Morgan fingerprint density at radius 3 is 2.33 bits per heavy atom. The van der Waals surface area contributed by atoms with E-state index in [0.29, 0.717) is 16.9 Å². The third-order valence-electron chi connectivity index (χ3n) is 5.25. The van der Waals surface area contributed by atoms with Crippen LogP contribution >= 0.6 is 0 Å². The van der Waals surface area contributed by atoms with Crippen LogP contribution < -0.4 is 4.90 Å². The van der Waals surface area contributed by atoms with Gasteiger partial charge in [-0.3, -0.25) is 19.5 Å². The molecule has 1 aromatic carbocycles. The number of Topliss-reactive ketones (excluding diaryl/α,β-unsaturated/α-hetero) is 1. The molecule has 1 aliphatic heterocycles. The van der Waals surface area contributed by atoms with Crippen molar-refractivity contribution < 1.29 is 14.7 Å². The van der Waals surface area contributed by atoms with Crippen molar-refractivity contribution in [3.05, 3.63) is 94.4 Å². The van der Waals surface area contributed by atoms with Gasteiger partial charge in [-0.05, 0) is 55.7 Å². The second-order valence-electron chi connectivity index (χ2n) is 7.42. The first-order valence-corrected chi connectivity index (χ1v) is 9.60. The van der Waals surface area contributed by atoms with Gasteiger partial charge in [-0.2, -0.15) is 0 Å². The molecular weight excluding hydrogens is 378 g/mol. The van der Waals surface area contributed by atoms with Gasteiger partial charge >= 0.3 is 5.91 Å². The van der Waals surface area contributed by atoms with Crippen LogP contribution in [0.25, 0.3) is 5.76 Å². The van der Waals surface area contributed by atoms with E-state index in [1.165, 1.54) is 4.90 Å². The molecular formula is C24H21N3O3. The maximum Gasteiger partial charge on any atom is 0.301 e. The number of aromatic nitrogens is 2. The molecule has 4 rings (SSSR count). The van der Waals surface area contributed by atoms with Crippen molar-refractivity contribution in [2.24, 2.45) is 0 Å². The number of carbonyl (C=O) groups excluding carboxylic acids is 2. The smallest absolute Gasteiger partial charge is 0.301 e. The maximum absolute atomic E-state index is 13.1. The summed E-state index contributed by atoms with van der Waals surface area (Å²) in [4.78, 5) is 35.9. The normalized spacial score (nSPS) is 18.1. The van der Waals surface area contributed by atoms with E-state index in [1.54, 1.807) is 48.9 Å². The Hall–Kier alpha value is -3.80. The Bertz CT molecular complexity index is 1150. The number of aliphatic hydroxyl groups excluding tert-OH is 1. The van der Waals surface area contributed by atoms with Gasteiger partial charge in [-0.15, -0.1) is 0 Å². The summed E-state index contributed by atoms with van der Waals surface area (Å²) in [5.74, 6) is -1.32. The van der Waals surface area contributed by atoms with E-state index in [2.05, 4.69) is 9.97 Å². The highest BCUT2D eigenvalue weighted by Gasteiger charge is 2.47. The molecule has 1 fully saturated rings. The minimum Gasteiger partial charge on any atom is -0.507 e. The van der Waals surface area contributed by atoms with Crippen LogP contribution in [-0.4, -0.2) is 26.8 Å². The van der Waals surface area contributed by atoms with Gasteiger partial charge < -0.3 is 5.11 Å². The van der Waals surface area contributed by atoms with Crippen molar-refractivity contribution >= 4 is 23.3 Å². The Balaban J connectivity index is 1.99. The molecule has 3 heterocycles. The zero-order valence-corrected chi connectivity index (χ0v) is 17.0. The van der Waals surface area contributed by atoms with Crippen LogP contribution in [0.2, 0.25) is 0 Å². The fraction of sp³-hybridized carbons (Fsp3) is 0.167. The number of anilines is 1. The van der Waals surface area contributed by atoms with Gasteiger partial charge in [0.25, 0.3) is 5.78 Å². The number of amides is 1. The monoisotopic (exact) mass is 399 g/mol. The van der Waals surface area contributed by atoms with Crippen LogP contribution in [0, 0.1) is 20.8 Å². The van der Waals surface area contributed by atoms with Gasteiger partial charge in [-0.1, -0.05) is 29.8 Å². The largest absolute Gasteiger partial charge is 0.507 e. The zero-order valence-electron chi connectivity index (χ0n) is 17.0. The molecule has 0 bridgehead atoms. The van der Waals surface area contributed by atoms with Gasteiger partial charge in [-0.25, -0.2) is 4.98 Å². The first-order valence-electron chi connectivity index (χ1n) is 9.60. The van der Waals surface area contributed by atoms with Crippen molar-refractivity contribution in [2.45, 2.75) is 26.8 Å². The number of hydrogen-bond donors (Lipinski definition) is 1. The summed E-state index contributed by atoms with van der Waals surface area (Å²) < 4.78 is 0. The zero-order chi connectivity index (χ0) is 21.4. The fourth-order valence-corrected chi connectivity index (χ4v) is 4.11. The number of nitrogens with zero attached hydrogens (tertiary/aromatic N) is 3. The van der Waals surface area contributed by atoms with E-state index in [9.17, 15) is 14.7 Å². The van der Waals surface area contributed by atoms with Gasteiger partial charge in [0.05, 0.1) is 11.6 Å². The molecule has 6 heteroatoms. The Labute approximate surface area is 174 Å². The minimum atomic E-state index is -0.825. The van der Waals surface area contributed by atoms with E-state index in [4.69, 9.17) is 0 Å². The van der Waals surface area contributed by atoms with Crippen molar-refractivity contribution in [2.75, 3.05) is 4.90 Å². The maximum atomic E-state index is 13.1. The van der Waals surface area contributed by atoms with Crippen LogP contribution in [0.5, 0.6) is 0 Å². The highest BCUT2D eigenvalue weighted by molar-refractivity contribution is 6.51. The van der Waals surface area contributed by atoms with Gasteiger partial charge in [0.1, 0.15) is 11.6 Å². The van der Waals surface area contributed by atoms with E-state index in [0.717, 1.165) is 16.7 Å². The number of aliphatic hydroxyl groups is 1. The third-order valence-corrected chi connectivity index (χ3v) is 5.25. The quantitative estimate of drug-likeness (QED) is 0.408. The van der Waals surface area contributed by atoms with E-state index in [-0.39, 0.29) is 11.3 Å². The molecule has 150 valence electrons. The molecule has 1 aliphatic rings. The second-order valence-corrected chi connectivity index (χ2v) is 7.42. The van der Waals surface area contributed by atoms with Crippen LogP contribution in [0.3, 0.4) is 0 Å². The molecule has 1 atom stereocenters. The summed E-state index contributed by atoms with van der Waals surface area (Å²) >= 11 is 0. The standard InChI is InChI=1S/C24H21N3O3/c1-14-11-15(2)19(16(3)12-14)22(28)20-21(17-7-6-9-25-13-17)27(24(30)23(20)29)18-8-4-5-10-26-18/h4-13,21,28H,1-3H3/b22-20-. The fourth-order valence-electron chi connectivity index (χ4n) is 4.11. The average molecular weight is 399 g/mol. The molecule has 0 spiro atoms. The summed E-state index contributed by atoms with van der Waals surface area (Å²) in [6, 6.07) is 11.7. The molecule has 2 aromatic heterocycles. The van der Waals surface area contributed by atoms with Crippen LogP contribution in [0.1, 0.15) is 33.9 Å². The molecule has 0 saturated carbocycles. The molecule has 6 nitrogen and oxygen atoms in total. The van der Waals surface area contributed by atoms with E-state index >= 15 is 0 Å². The van der Waals surface area contributed by atoms with E-state index < -0.39 is 17.7 Å². The summed E-state index contributed by atoms with van der Waals surface area (Å²) in [6.07, 6.45) is 4.77. The number of hydrogen-bond acceptors (Lipinski definition) is 5. The van der Waals surface area contributed by atoms with E-state index in [1.807, 2.05) is 32.9 Å². The lowest BCUT2D eigenvalue weighted by Gasteiger charge is -2.24. The predicted octanol–water partition coefficient (Wildman–Crippen LogP) is 4.03. The van der Waals surface area contributed by atoms with Crippen molar-refractivity contribution in [3.63, 3.8) is 0 Å². The summed E-state index contributed by atoms with van der Waals surface area (Å²) in [5.41, 5.74) is 3.94. The Kier molecular flexibility index (Phi) is 4.91. The first-order chi connectivity index (χ1) is 14.4. The lowest BCUT2D eigenvalue weighted by atomic mass is 9.91. The van der Waals surface area contributed by atoms with Gasteiger partial charge in [0.2, 0.25) is 0 Å². The third kappa shape index (κ3) is 3.16. The lowest BCUT2D eigenvalue weighted by Crippen LogP contribution is -2.30. The van der Waals surface area contributed by atoms with Crippen LogP contribution in [0.15, 0.2) is 66.6 Å². The minimum absolute atomic E-state index is 0.0358. The Morgan fingerprint density at radius 2 is 1.73 bits per heavy atom. The molecule has 1 unspecified atom stereocenters. The highest BCUT2D eigenvalue weighted by atomic mass is 16.3. The number of aryl methyl sites for hydroxylation is 3. The number of benzene rings is 1. The average Bonchev–Trinajstić information content (AvgIpc) is 2.99. The van der Waals surface area contributed by atoms with Crippen molar-refractivity contribution in [1.29, 1.82) is 0 Å². The number of carbonyl (C=O) groups is 2. The Morgan fingerprint density at radius 1 is 1.00 bits per heavy atom. The molecule has 0 radical (unpaired) electrons. The van der Waals surface area contributed by atoms with Gasteiger partial charge in [0, 0.05) is 24.2 Å². The molecule has 30 heavy (non-hydrogen) atoms. The molecule has 1 saturated heterocycles. The lowest BCUT2D eigenvalue weighted by molar-refractivity contribution is -0.132. The van der Waals surface area contributed by atoms with Crippen molar-refractivity contribution in [1.82, 2.24) is 9.97 Å². The number of ketones is 1. The highest BCUT2D eigenvalue weighted by Crippen LogP contribution is 2.42. The van der Waals surface area contributed by atoms with Crippen molar-refractivity contribution in [3.8, 4) is 0 Å². The van der Waals surface area contributed by atoms with Crippen LogP contribution in [0.4, 0.5) is 5.82 Å². The molecule has 0 aliphatic carbocycles. The number of pyridine rings is 2. The summed E-state index contributed by atoms with van der Waals surface area (Å²) in [5, 5.41) is 11.3. The molecule has 1 N–H and O–H groups in total.